The quantitative estimate of drug-likeness (QED) is 0.464. The molecule has 3 heterocycles. The highest BCUT2D eigenvalue weighted by Crippen LogP contribution is 2.30. The van der Waals surface area contributed by atoms with Gasteiger partial charge >= 0.3 is 0 Å². The van der Waals surface area contributed by atoms with Gasteiger partial charge in [0.1, 0.15) is 0 Å². The van der Waals surface area contributed by atoms with E-state index in [0.29, 0.717) is 9.81 Å². The first-order valence-electron chi connectivity index (χ1n) is 10.7. The number of rotatable bonds is 4. The molecule has 2 aliphatic rings. The number of aromatic nitrogens is 1. The summed E-state index contributed by atoms with van der Waals surface area (Å²) in [7, 11) is 0. The van der Waals surface area contributed by atoms with Gasteiger partial charge in [0.25, 0.3) is 22.3 Å². The molecule has 4 amide bonds. The van der Waals surface area contributed by atoms with Crippen molar-refractivity contribution in [2.24, 2.45) is 0 Å². The number of amides is 4. The number of hydrogen-bond acceptors (Lipinski definition) is 6. The van der Waals surface area contributed by atoms with Crippen LogP contribution in [0.25, 0.3) is 29.0 Å². The Morgan fingerprint density at radius 2 is 1.23 bits per heavy atom. The number of aryl methyl sites for hydroxylation is 1. The third-order valence-electron chi connectivity index (χ3n) is 5.71. The molecule has 2 aliphatic heterocycles. The third-order valence-corrected chi connectivity index (χ3v) is 7.33. The van der Waals surface area contributed by atoms with Crippen LogP contribution in [0.3, 0.4) is 0 Å². The second kappa shape index (κ2) is 9.09. The first kappa shape index (κ1) is 22.9. The van der Waals surface area contributed by atoms with E-state index >= 15 is 0 Å². The maximum Gasteiger partial charge on any atom is 0.290 e. The summed E-state index contributed by atoms with van der Waals surface area (Å²) in [5.41, 5.74) is 6.77. The van der Waals surface area contributed by atoms with E-state index in [1.165, 1.54) is 0 Å². The highest BCUT2D eigenvalue weighted by atomic mass is 32.2. The Morgan fingerprint density at radius 1 is 0.714 bits per heavy atom. The summed E-state index contributed by atoms with van der Waals surface area (Å²) < 4.78 is 2.11. The Kier molecular flexibility index (Phi) is 5.96. The second-order valence-electron chi connectivity index (χ2n) is 8.04. The number of hydrogen-bond donors (Lipinski definition) is 2. The zero-order chi connectivity index (χ0) is 24.7. The van der Waals surface area contributed by atoms with Gasteiger partial charge in [-0.1, -0.05) is 36.4 Å². The van der Waals surface area contributed by atoms with Crippen molar-refractivity contribution in [1.29, 1.82) is 0 Å². The van der Waals surface area contributed by atoms with Gasteiger partial charge in [-0.15, -0.1) is 0 Å². The standard InChI is InChI=1S/C26H19N3O4S2/c1-14-11-19(13-22-24(31)28-26(33)35-22)15(2)29(14)20-9-7-18(8-10-20)17-5-3-16(4-6-17)12-21-23(30)27-25(32)34-21/h3-13H,1-2H3,(H,27,30,32)(H,28,31,33)/b21-12-,22-13-. The summed E-state index contributed by atoms with van der Waals surface area (Å²) in [4.78, 5) is 47.2. The van der Waals surface area contributed by atoms with E-state index in [1.807, 2.05) is 68.4 Å². The summed E-state index contributed by atoms with van der Waals surface area (Å²) in [6.07, 6.45) is 3.45. The van der Waals surface area contributed by atoms with E-state index in [4.69, 9.17) is 0 Å². The summed E-state index contributed by atoms with van der Waals surface area (Å²) in [5, 5.41) is 3.83. The summed E-state index contributed by atoms with van der Waals surface area (Å²) >= 11 is 1.81. The maximum absolute atomic E-state index is 11.9. The fraction of sp³-hybridized carbons (Fsp3) is 0.0769. The average molecular weight is 502 g/mol. The van der Waals surface area contributed by atoms with Gasteiger partial charge in [0.2, 0.25) is 0 Å². The first-order valence-corrected chi connectivity index (χ1v) is 12.3. The minimum Gasteiger partial charge on any atom is -0.318 e. The minimum atomic E-state index is -0.367. The average Bonchev–Trinajstić information content (AvgIpc) is 3.42. The molecular weight excluding hydrogens is 482 g/mol. The van der Waals surface area contributed by atoms with Crippen molar-refractivity contribution in [3.63, 3.8) is 0 Å². The van der Waals surface area contributed by atoms with E-state index in [-0.39, 0.29) is 22.3 Å². The van der Waals surface area contributed by atoms with Crippen molar-refractivity contribution in [2.75, 3.05) is 0 Å². The van der Waals surface area contributed by atoms with Crippen LogP contribution in [-0.2, 0) is 9.59 Å². The molecule has 0 unspecified atom stereocenters. The van der Waals surface area contributed by atoms with E-state index < -0.39 is 0 Å². The number of benzene rings is 2. The second-order valence-corrected chi connectivity index (χ2v) is 10.1. The zero-order valence-electron chi connectivity index (χ0n) is 18.7. The highest BCUT2D eigenvalue weighted by molar-refractivity contribution is 8.18. The molecule has 174 valence electrons. The van der Waals surface area contributed by atoms with E-state index in [9.17, 15) is 19.2 Å². The maximum atomic E-state index is 11.9. The third kappa shape index (κ3) is 4.60. The summed E-state index contributed by atoms with van der Waals surface area (Å²) in [6.45, 7) is 3.98. The molecule has 0 bridgehead atoms. The van der Waals surface area contributed by atoms with Crippen LogP contribution in [0.5, 0.6) is 0 Å². The number of carbonyl (C=O) groups is 4. The fourth-order valence-electron chi connectivity index (χ4n) is 4.04. The number of carbonyl (C=O) groups excluding carboxylic acids is 4. The molecule has 35 heavy (non-hydrogen) atoms. The fourth-order valence-corrected chi connectivity index (χ4v) is 5.40. The highest BCUT2D eigenvalue weighted by Gasteiger charge is 2.26. The largest absolute Gasteiger partial charge is 0.318 e. The van der Waals surface area contributed by atoms with Crippen molar-refractivity contribution in [3.05, 3.63) is 86.9 Å². The van der Waals surface area contributed by atoms with Crippen LogP contribution in [0.4, 0.5) is 9.59 Å². The van der Waals surface area contributed by atoms with Gasteiger partial charge in [-0.25, -0.2) is 0 Å². The van der Waals surface area contributed by atoms with E-state index in [1.54, 1.807) is 12.2 Å². The first-order chi connectivity index (χ1) is 16.8. The molecule has 0 radical (unpaired) electrons. The molecule has 3 aromatic rings. The number of thioether (sulfide) groups is 2. The van der Waals surface area contributed by atoms with Crippen molar-refractivity contribution >= 4 is 58.0 Å². The molecule has 0 aliphatic carbocycles. The van der Waals surface area contributed by atoms with Crippen LogP contribution in [0.2, 0.25) is 0 Å². The molecule has 2 saturated heterocycles. The molecule has 0 spiro atoms. The molecular formula is C26H19N3O4S2. The van der Waals surface area contributed by atoms with Gasteiger partial charge in [0.05, 0.1) is 9.81 Å². The van der Waals surface area contributed by atoms with E-state index in [2.05, 4.69) is 15.2 Å². The van der Waals surface area contributed by atoms with Crippen molar-refractivity contribution in [2.45, 2.75) is 13.8 Å². The topological polar surface area (TPSA) is 97.3 Å². The Labute approximate surface area is 209 Å². The van der Waals surface area contributed by atoms with Crippen LogP contribution in [0, 0.1) is 13.8 Å². The van der Waals surface area contributed by atoms with Crippen LogP contribution in [-0.4, -0.2) is 26.9 Å². The number of nitrogens with zero attached hydrogens (tertiary/aromatic N) is 1. The van der Waals surface area contributed by atoms with Crippen LogP contribution in [0.15, 0.2) is 64.4 Å². The predicted octanol–water partition coefficient (Wildman–Crippen LogP) is 5.41. The van der Waals surface area contributed by atoms with Gasteiger partial charge in [0.15, 0.2) is 0 Å². The molecule has 1 aromatic heterocycles. The Morgan fingerprint density at radius 3 is 1.74 bits per heavy atom. The molecule has 2 aromatic carbocycles. The predicted molar refractivity (Wildman–Crippen MR) is 139 cm³/mol. The molecule has 2 fully saturated rings. The lowest BCUT2D eigenvalue weighted by Gasteiger charge is -2.11. The Bertz CT molecular complexity index is 1470. The van der Waals surface area contributed by atoms with Crippen molar-refractivity contribution < 1.29 is 19.2 Å². The lowest BCUT2D eigenvalue weighted by atomic mass is 10.0. The Hall–Kier alpha value is -3.82. The minimum absolute atomic E-state index is 0.353. The van der Waals surface area contributed by atoms with Crippen LogP contribution in [0.1, 0.15) is 22.5 Å². The Balaban J connectivity index is 1.37. The molecule has 0 atom stereocenters. The van der Waals surface area contributed by atoms with Crippen molar-refractivity contribution in [1.82, 2.24) is 15.2 Å². The zero-order valence-corrected chi connectivity index (χ0v) is 20.4. The summed E-state index contributed by atoms with van der Waals surface area (Å²) in [5.74, 6) is -0.733. The molecule has 9 heteroatoms. The van der Waals surface area contributed by atoms with Crippen LogP contribution >= 0.6 is 23.5 Å². The molecule has 7 nitrogen and oxygen atoms in total. The number of nitrogens with one attached hydrogen (secondary N) is 2. The normalized spacial score (nSPS) is 18.0. The van der Waals surface area contributed by atoms with Gasteiger partial charge in [-0.3, -0.25) is 29.8 Å². The summed E-state index contributed by atoms with van der Waals surface area (Å²) in [6, 6.07) is 17.9. The van der Waals surface area contributed by atoms with Gasteiger partial charge < -0.3 is 4.57 Å². The SMILES string of the molecule is Cc1cc(/C=C2\SC(=O)NC2=O)c(C)n1-c1ccc(-c2ccc(/C=C3\SC(=O)NC3=O)cc2)cc1. The van der Waals surface area contributed by atoms with Crippen LogP contribution < -0.4 is 10.6 Å². The molecule has 0 saturated carbocycles. The van der Waals surface area contributed by atoms with Gasteiger partial charge in [-0.05, 0) is 90.0 Å². The van der Waals surface area contributed by atoms with Gasteiger partial charge in [0, 0.05) is 17.1 Å². The van der Waals surface area contributed by atoms with E-state index in [0.717, 1.165) is 62.9 Å². The van der Waals surface area contributed by atoms with Crippen molar-refractivity contribution in [3.8, 4) is 16.8 Å². The monoisotopic (exact) mass is 501 g/mol. The molecule has 5 rings (SSSR count). The smallest absolute Gasteiger partial charge is 0.290 e. The lowest BCUT2D eigenvalue weighted by molar-refractivity contribution is -0.116. The molecule has 2 N–H and O–H groups in total. The van der Waals surface area contributed by atoms with Gasteiger partial charge in [-0.2, -0.15) is 0 Å². The lowest BCUT2D eigenvalue weighted by Crippen LogP contribution is -2.17. The number of imide groups is 2.